The van der Waals surface area contributed by atoms with Crippen LogP contribution in [0.15, 0.2) is 53.4 Å². The Labute approximate surface area is 175 Å². The van der Waals surface area contributed by atoms with Crippen LogP contribution in [0, 0.1) is 5.82 Å². The van der Waals surface area contributed by atoms with Crippen molar-refractivity contribution in [3.8, 4) is 0 Å². The number of nitrogens with zero attached hydrogens (tertiary/aromatic N) is 1. The molecule has 3 aromatic carbocycles. The minimum Gasteiger partial charge on any atom is -0.308 e. The van der Waals surface area contributed by atoms with Gasteiger partial charge in [0.05, 0.1) is 16.1 Å². The number of anilines is 1. The second-order valence-electron chi connectivity index (χ2n) is 7.00. The van der Waals surface area contributed by atoms with E-state index in [0.29, 0.717) is 40.7 Å². The maximum atomic E-state index is 13.5. The molecule has 0 aromatic heterocycles. The minimum atomic E-state index is -4.89. The van der Waals surface area contributed by atoms with Gasteiger partial charge in [-0.3, -0.25) is 4.79 Å². The lowest BCUT2D eigenvalue weighted by Gasteiger charge is -2.16. The number of hydrogen-bond donors (Lipinski definition) is 1. The third-order valence-corrected chi connectivity index (χ3v) is 6.61. The number of carbonyl (C=O) groups is 1. The molecule has 0 unspecified atom stereocenters. The summed E-state index contributed by atoms with van der Waals surface area (Å²) in [6.45, 7) is 1.76. The molecule has 1 N–H and O–H groups in total. The second-order valence-corrected chi connectivity index (χ2v) is 8.73. The van der Waals surface area contributed by atoms with Crippen LogP contribution in [0.4, 0.5) is 23.2 Å². The molecule has 0 atom stereocenters. The van der Waals surface area contributed by atoms with Gasteiger partial charge in [-0.15, -0.1) is 0 Å². The molecule has 31 heavy (non-hydrogen) atoms. The molecule has 1 heterocycles. The smallest absolute Gasteiger partial charge is 0.308 e. The van der Waals surface area contributed by atoms with Crippen molar-refractivity contribution in [1.29, 1.82) is 0 Å². The highest BCUT2D eigenvalue weighted by Crippen LogP contribution is 2.40. The lowest BCUT2D eigenvalue weighted by atomic mass is 10.1. The lowest BCUT2D eigenvalue weighted by molar-refractivity contribution is -0.140. The van der Waals surface area contributed by atoms with Gasteiger partial charge in [-0.1, -0.05) is 18.2 Å². The van der Waals surface area contributed by atoms with Gasteiger partial charge in [0.2, 0.25) is 10.0 Å². The number of nitrogens with one attached hydrogen (secondary N) is 1. The second kappa shape index (κ2) is 7.31. The summed E-state index contributed by atoms with van der Waals surface area (Å²) in [5.41, 5.74) is -0.520. The number of halogens is 4. The predicted molar refractivity (Wildman–Crippen MR) is 107 cm³/mol. The standard InChI is InChI=1S/C21H16F4N2O3S/c1-2-27-17-8-9-18(13-4-3-5-14(19(13)17)20(27)28)31(29,30)26-11-12-6-7-16(22)15(10-12)21(23,24)25/h3-10,26H,2,11H2,1H3. The van der Waals surface area contributed by atoms with Gasteiger partial charge in [-0.25, -0.2) is 17.5 Å². The zero-order valence-electron chi connectivity index (χ0n) is 16.1. The van der Waals surface area contributed by atoms with E-state index < -0.39 is 34.1 Å². The fourth-order valence-corrected chi connectivity index (χ4v) is 4.94. The maximum Gasteiger partial charge on any atom is 0.419 e. The average Bonchev–Trinajstić information content (AvgIpc) is 2.99. The van der Waals surface area contributed by atoms with E-state index in [1.165, 1.54) is 12.1 Å². The number of sulfonamides is 1. The Kier molecular flexibility index (Phi) is 5.01. The summed E-state index contributed by atoms with van der Waals surface area (Å²) < 4.78 is 80.3. The SMILES string of the molecule is CCN1C(=O)c2cccc3c(S(=O)(=O)NCc4ccc(F)c(C(F)(F)F)c4)ccc1c23. The van der Waals surface area contributed by atoms with Crippen molar-refractivity contribution < 1.29 is 30.8 Å². The fourth-order valence-electron chi connectivity index (χ4n) is 3.72. The van der Waals surface area contributed by atoms with Crippen LogP contribution in [0.5, 0.6) is 0 Å². The van der Waals surface area contributed by atoms with E-state index in [1.54, 1.807) is 30.0 Å². The molecule has 4 rings (SSSR count). The normalized spacial score (nSPS) is 14.0. The van der Waals surface area contributed by atoms with E-state index in [1.807, 2.05) is 0 Å². The Morgan fingerprint density at radius 1 is 1.06 bits per heavy atom. The topological polar surface area (TPSA) is 66.5 Å². The van der Waals surface area contributed by atoms with Crippen molar-refractivity contribution in [3.63, 3.8) is 0 Å². The summed E-state index contributed by atoms with van der Waals surface area (Å²) in [7, 11) is -4.15. The molecule has 0 saturated carbocycles. The minimum absolute atomic E-state index is 0.0458. The molecule has 162 valence electrons. The molecule has 3 aromatic rings. The van der Waals surface area contributed by atoms with Crippen LogP contribution < -0.4 is 9.62 Å². The highest BCUT2D eigenvalue weighted by molar-refractivity contribution is 7.89. The van der Waals surface area contributed by atoms with Crippen LogP contribution >= 0.6 is 0 Å². The largest absolute Gasteiger partial charge is 0.419 e. The molecule has 0 bridgehead atoms. The first-order valence-electron chi connectivity index (χ1n) is 9.27. The van der Waals surface area contributed by atoms with E-state index in [2.05, 4.69) is 4.72 Å². The van der Waals surface area contributed by atoms with Crippen molar-refractivity contribution in [2.75, 3.05) is 11.4 Å². The number of rotatable bonds is 5. The molecular formula is C21H16F4N2O3S. The van der Waals surface area contributed by atoms with Crippen molar-refractivity contribution in [2.24, 2.45) is 0 Å². The van der Waals surface area contributed by atoms with E-state index in [-0.39, 0.29) is 16.4 Å². The molecular weight excluding hydrogens is 436 g/mol. The number of benzene rings is 3. The highest BCUT2D eigenvalue weighted by atomic mass is 32.2. The van der Waals surface area contributed by atoms with Crippen molar-refractivity contribution in [2.45, 2.75) is 24.5 Å². The molecule has 0 radical (unpaired) electrons. The molecule has 1 aliphatic rings. The first-order chi connectivity index (χ1) is 14.5. The van der Waals surface area contributed by atoms with E-state index >= 15 is 0 Å². The van der Waals surface area contributed by atoms with Crippen LogP contribution in [0.25, 0.3) is 10.8 Å². The van der Waals surface area contributed by atoms with Gasteiger partial charge in [0.15, 0.2) is 0 Å². The molecule has 5 nitrogen and oxygen atoms in total. The number of hydrogen-bond acceptors (Lipinski definition) is 3. The van der Waals surface area contributed by atoms with E-state index in [0.717, 1.165) is 6.07 Å². The molecule has 1 amide bonds. The average molecular weight is 452 g/mol. The number of amides is 1. The summed E-state index contributed by atoms with van der Waals surface area (Å²) in [6.07, 6.45) is -4.89. The van der Waals surface area contributed by atoms with E-state index in [4.69, 9.17) is 0 Å². The quantitative estimate of drug-likeness (QED) is 0.582. The fraction of sp³-hybridized carbons (Fsp3) is 0.190. The van der Waals surface area contributed by atoms with Gasteiger partial charge < -0.3 is 4.90 Å². The van der Waals surface area contributed by atoms with Gasteiger partial charge in [0.1, 0.15) is 5.82 Å². The van der Waals surface area contributed by atoms with Crippen LogP contribution in [-0.4, -0.2) is 20.9 Å². The third kappa shape index (κ3) is 3.55. The van der Waals surface area contributed by atoms with Gasteiger partial charge in [0.25, 0.3) is 5.91 Å². The first-order valence-corrected chi connectivity index (χ1v) is 10.8. The molecule has 10 heteroatoms. The predicted octanol–water partition coefficient (Wildman–Crippen LogP) is 4.46. The zero-order chi connectivity index (χ0) is 22.6. The molecule has 0 saturated heterocycles. The van der Waals surface area contributed by atoms with Crippen molar-refractivity contribution >= 4 is 32.4 Å². The third-order valence-electron chi connectivity index (χ3n) is 5.15. The molecule has 0 fully saturated rings. The maximum absolute atomic E-state index is 13.5. The first kappa shape index (κ1) is 21.3. The summed E-state index contributed by atoms with van der Waals surface area (Å²) in [5, 5.41) is 0.847. The summed E-state index contributed by atoms with van der Waals surface area (Å²) in [4.78, 5) is 14.0. The Hall–Kier alpha value is -2.98. The Morgan fingerprint density at radius 2 is 1.81 bits per heavy atom. The number of alkyl halides is 3. The van der Waals surface area contributed by atoms with Crippen LogP contribution in [0.3, 0.4) is 0 Å². The summed E-state index contributed by atoms with van der Waals surface area (Å²) in [6, 6.07) is 9.96. The zero-order valence-corrected chi connectivity index (χ0v) is 16.9. The Morgan fingerprint density at radius 3 is 2.48 bits per heavy atom. The van der Waals surface area contributed by atoms with Crippen LogP contribution in [0.2, 0.25) is 0 Å². The molecule has 0 spiro atoms. The Balaban J connectivity index is 1.70. The monoisotopic (exact) mass is 452 g/mol. The van der Waals surface area contributed by atoms with E-state index in [9.17, 15) is 30.8 Å². The lowest BCUT2D eigenvalue weighted by Crippen LogP contribution is -2.26. The van der Waals surface area contributed by atoms with Crippen LogP contribution in [-0.2, 0) is 22.7 Å². The highest BCUT2D eigenvalue weighted by Gasteiger charge is 2.34. The Bertz CT molecular complexity index is 1320. The summed E-state index contributed by atoms with van der Waals surface area (Å²) in [5.74, 6) is -1.66. The van der Waals surface area contributed by atoms with Gasteiger partial charge in [-0.2, -0.15) is 13.2 Å². The van der Waals surface area contributed by atoms with Gasteiger partial charge in [-0.05, 0) is 42.8 Å². The molecule has 0 aliphatic carbocycles. The van der Waals surface area contributed by atoms with Crippen LogP contribution in [0.1, 0.15) is 28.4 Å². The summed E-state index contributed by atoms with van der Waals surface area (Å²) >= 11 is 0. The van der Waals surface area contributed by atoms with Crippen molar-refractivity contribution in [3.05, 3.63) is 71.0 Å². The van der Waals surface area contributed by atoms with Gasteiger partial charge >= 0.3 is 6.18 Å². The van der Waals surface area contributed by atoms with Gasteiger partial charge in [0, 0.05) is 29.4 Å². The number of carbonyl (C=O) groups excluding carboxylic acids is 1. The van der Waals surface area contributed by atoms with Crippen molar-refractivity contribution in [1.82, 2.24) is 4.72 Å². The molecule has 1 aliphatic heterocycles.